The largest absolute Gasteiger partial charge is 0.329 e. The summed E-state index contributed by atoms with van der Waals surface area (Å²) in [6.45, 7) is 2.23. The predicted octanol–water partition coefficient (Wildman–Crippen LogP) is 2.09. The van der Waals surface area contributed by atoms with E-state index in [1.807, 2.05) is 0 Å². The van der Waals surface area contributed by atoms with Gasteiger partial charge in [0.1, 0.15) is 0 Å². The first-order chi connectivity index (χ1) is 7.84. The predicted molar refractivity (Wildman–Crippen MR) is 70.8 cm³/mol. The van der Waals surface area contributed by atoms with E-state index in [0.29, 0.717) is 5.54 Å². The molecule has 3 aliphatic rings. The molecule has 1 heterocycles. The van der Waals surface area contributed by atoms with E-state index in [-0.39, 0.29) is 0 Å². The average molecular weight is 240 g/mol. The van der Waals surface area contributed by atoms with Gasteiger partial charge in [-0.1, -0.05) is 0 Å². The van der Waals surface area contributed by atoms with Gasteiger partial charge in [-0.3, -0.25) is 4.90 Å². The van der Waals surface area contributed by atoms with Crippen LogP contribution in [0.15, 0.2) is 0 Å². The quantitative estimate of drug-likeness (QED) is 0.798. The summed E-state index contributed by atoms with van der Waals surface area (Å²) in [7, 11) is 0. The summed E-state index contributed by atoms with van der Waals surface area (Å²) >= 11 is 2.13. The van der Waals surface area contributed by atoms with Crippen molar-refractivity contribution in [1.82, 2.24) is 4.90 Å². The molecule has 3 heteroatoms. The van der Waals surface area contributed by atoms with E-state index >= 15 is 0 Å². The van der Waals surface area contributed by atoms with Gasteiger partial charge in [0, 0.05) is 30.4 Å². The Labute approximate surface area is 103 Å². The molecule has 2 N–H and O–H groups in total. The molecule has 1 unspecified atom stereocenters. The van der Waals surface area contributed by atoms with Crippen LogP contribution in [-0.4, -0.2) is 41.1 Å². The van der Waals surface area contributed by atoms with Crippen molar-refractivity contribution in [1.29, 1.82) is 0 Å². The van der Waals surface area contributed by atoms with Gasteiger partial charge < -0.3 is 5.73 Å². The molecule has 0 amide bonds. The summed E-state index contributed by atoms with van der Waals surface area (Å²) in [6, 6.07) is 0.892. The Hall–Kier alpha value is 0.270. The fraction of sp³-hybridized carbons (Fsp3) is 1.00. The van der Waals surface area contributed by atoms with E-state index in [9.17, 15) is 0 Å². The van der Waals surface area contributed by atoms with Crippen LogP contribution >= 0.6 is 11.8 Å². The highest BCUT2D eigenvalue weighted by molar-refractivity contribution is 7.99. The minimum atomic E-state index is 0.368. The molecule has 2 nitrogen and oxygen atoms in total. The van der Waals surface area contributed by atoms with Crippen molar-refractivity contribution in [3.05, 3.63) is 0 Å². The van der Waals surface area contributed by atoms with E-state index in [0.717, 1.165) is 18.5 Å². The van der Waals surface area contributed by atoms with Crippen LogP contribution in [0.2, 0.25) is 0 Å². The Kier molecular flexibility index (Phi) is 3.20. The zero-order valence-corrected chi connectivity index (χ0v) is 11.0. The van der Waals surface area contributed by atoms with Crippen LogP contribution in [0.3, 0.4) is 0 Å². The average Bonchev–Trinajstić information content (AvgIpc) is 3.17. The van der Waals surface area contributed by atoms with Gasteiger partial charge in [-0.2, -0.15) is 11.8 Å². The molecule has 0 aromatic heterocycles. The smallest absolute Gasteiger partial charge is 0.0425 e. The van der Waals surface area contributed by atoms with Crippen molar-refractivity contribution >= 4 is 11.8 Å². The van der Waals surface area contributed by atoms with Crippen LogP contribution < -0.4 is 5.73 Å². The van der Waals surface area contributed by atoms with E-state index in [1.165, 1.54) is 56.6 Å². The third-order valence-electron chi connectivity index (χ3n) is 4.43. The molecule has 3 rings (SSSR count). The number of nitrogens with two attached hydrogens (primary N) is 1. The van der Waals surface area contributed by atoms with Crippen LogP contribution in [0, 0.1) is 5.92 Å². The van der Waals surface area contributed by atoms with Crippen LogP contribution in [0.5, 0.6) is 0 Å². The van der Waals surface area contributed by atoms with Crippen molar-refractivity contribution in [3.8, 4) is 0 Å². The molecule has 92 valence electrons. The summed E-state index contributed by atoms with van der Waals surface area (Å²) in [5, 5.41) is 0. The van der Waals surface area contributed by atoms with Gasteiger partial charge in [0.05, 0.1) is 0 Å². The Balaban J connectivity index is 1.72. The van der Waals surface area contributed by atoms with Gasteiger partial charge in [0.15, 0.2) is 0 Å². The molecular weight excluding hydrogens is 216 g/mol. The summed E-state index contributed by atoms with van der Waals surface area (Å²) in [4.78, 5) is 2.83. The second-order valence-corrected chi connectivity index (χ2v) is 7.02. The molecule has 3 fully saturated rings. The molecule has 1 atom stereocenters. The Morgan fingerprint density at radius 1 is 1.25 bits per heavy atom. The SMILES string of the molecule is NCC1(N(CC2CC2)C2CC2)CCCSC1. The topological polar surface area (TPSA) is 29.3 Å². The minimum absolute atomic E-state index is 0.368. The lowest BCUT2D eigenvalue weighted by Crippen LogP contribution is -2.58. The molecular formula is C13H24N2S. The first-order valence-corrected chi connectivity index (χ1v) is 8.04. The number of thioether (sulfide) groups is 1. The minimum Gasteiger partial charge on any atom is -0.329 e. The highest BCUT2D eigenvalue weighted by Crippen LogP contribution is 2.42. The van der Waals surface area contributed by atoms with E-state index < -0.39 is 0 Å². The molecule has 16 heavy (non-hydrogen) atoms. The molecule has 2 saturated carbocycles. The van der Waals surface area contributed by atoms with E-state index in [2.05, 4.69) is 16.7 Å². The molecule has 2 aliphatic carbocycles. The number of nitrogens with zero attached hydrogens (tertiary/aromatic N) is 1. The second kappa shape index (κ2) is 4.51. The molecule has 0 radical (unpaired) electrons. The summed E-state index contributed by atoms with van der Waals surface area (Å²) < 4.78 is 0. The standard InChI is InChI=1S/C13H24N2S/c14-9-13(6-1-7-16-10-13)15(12-4-5-12)8-11-2-3-11/h11-12H,1-10,14H2. The molecule has 0 bridgehead atoms. The van der Waals surface area contributed by atoms with Crippen molar-refractivity contribution in [3.63, 3.8) is 0 Å². The maximum absolute atomic E-state index is 6.15. The maximum Gasteiger partial charge on any atom is 0.0425 e. The number of hydrogen-bond acceptors (Lipinski definition) is 3. The number of rotatable bonds is 5. The van der Waals surface area contributed by atoms with E-state index in [4.69, 9.17) is 5.73 Å². The van der Waals surface area contributed by atoms with Gasteiger partial charge >= 0.3 is 0 Å². The fourth-order valence-corrected chi connectivity index (χ4v) is 4.34. The van der Waals surface area contributed by atoms with Gasteiger partial charge in [0.25, 0.3) is 0 Å². The van der Waals surface area contributed by atoms with Gasteiger partial charge in [-0.25, -0.2) is 0 Å². The zero-order valence-electron chi connectivity index (χ0n) is 10.2. The molecule has 0 aromatic carbocycles. The highest BCUT2D eigenvalue weighted by atomic mass is 32.2. The zero-order chi connectivity index (χ0) is 11.0. The second-order valence-electron chi connectivity index (χ2n) is 5.91. The van der Waals surface area contributed by atoms with Crippen molar-refractivity contribution in [2.45, 2.75) is 50.1 Å². The Morgan fingerprint density at radius 3 is 2.56 bits per heavy atom. The highest BCUT2D eigenvalue weighted by Gasteiger charge is 2.45. The molecule has 1 aliphatic heterocycles. The van der Waals surface area contributed by atoms with Gasteiger partial charge in [-0.15, -0.1) is 0 Å². The normalized spacial score (nSPS) is 35.6. The van der Waals surface area contributed by atoms with Gasteiger partial charge in [0.2, 0.25) is 0 Å². The van der Waals surface area contributed by atoms with Crippen molar-refractivity contribution in [2.75, 3.05) is 24.6 Å². The monoisotopic (exact) mass is 240 g/mol. The van der Waals surface area contributed by atoms with Crippen LogP contribution in [0.25, 0.3) is 0 Å². The summed E-state index contributed by atoms with van der Waals surface area (Å²) in [5.74, 6) is 3.65. The first-order valence-electron chi connectivity index (χ1n) is 6.89. The van der Waals surface area contributed by atoms with Gasteiger partial charge in [-0.05, 0) is 50.2 Å². The maximum atomic E-state index is 6.15. The fourth-order valence-electron chi connectivity index (χ4n) is 3.04. The van der Waals surface area contributed by atoms with Crippen LogP contribution in [0.1, 0.15) is 38.5 Å². The van der Waals surface area contributed by atoms with Crippen molar-refractivity contribution < 1.29 is 0 Å². The lowest BCUT2D eigenvalue weighted by atomic mass is 9.92. The third-order valence-corrected chi connectivity index (χ3v) is 5.75. The van der Waals surface area contributed by atoms with E-state index in [1.54, 1.807) is 0 Å². The summed E-state index contributed by atoms with van der Waals surface area (Å²) in [5.41, 5.74) is 6.51. The lowest BCUT2D eigenvalue weighted by Gasteiger charge is -2.46. The Morgan fingerprint density at radius 2 is 2.06 bits per heavy atom. The summed E-state index contributed by atoms with van der Waals surface area (Å²) in [6.07, 6.45) is 8.52. The molecule has 0 aromatic rings. The third kappa shape index (κ3) is 2.27. The number of hydrogen-bond donors (Lipinski definition) is 1. The van der Waals surface area contributed by atoms with Crippen LogP contribution in [-0.2, 0) is 0 Å². The lowest BCUT2D eigenvalue weighted by molar-refractivity contribution is 0.0876. The molecule has 0 spiro atoms. The Bertz CT molecular complexity index is 242. The van der Waals surface area contributed by atoms with Crippen molar-refractivity contribution in [2.24, 2.45) is 11.7 Å². The molecule has 1 saturated heterocycles. The first kappa shape index (κ1) is 11.4. The van der Waals surface area contributed by atoms with Crippen LogP contribution in [0.4, 0.5) is 0 Å².